The number of hydrogen-bond acceptors (Lipinski definition) is 4. The highest BCUT2D eigenvalue weighted by Gasteiger charge is 2.62. The summed E-state index contributed by atoms with van der Waals surface area (Å²) < 4.78 is 93.2. The monoisotopic (exact) mass is 412 g/mol. The minimum absolute atomic E-state index is 0.103. The first kappa shape index (κ1) is 19.3. The molecule has 0 saturated carbocycles. The van der Waals surface area contributed by atoms with Crippen molar-refractivity contribution in [1.29, 1.82) is 0 Å². The van der Waals surface area contributed by atoms with Crippen LogP contribution in [0.5, 0.6) is 5.75 Å². The molecule has 0 bridgehead atoms. The number of nitrogens with zero attached hydrogens (tertiary/aromatic N) is 3. The summed E-state index contributed by atoms with van der Waals surface area (Å²) in [5, 5.41) is 2.91. The van der Waals surface area contributed by atoms with Crippen molar-refractivity contribution in [2.75, 3.05) is 0 Å². The number of ether oxygens (including phenoxy) is 1. The number of aryl methyl sites for hydroxylation is 1. The van der Waals surface area contributed by atoms with E-state index in [1.165, 1.54) is 0 Å². The highest BCUT2D eigenvalue weighted by Crippen LogP contribution is 2.49. The molecule has 0 aliphatic carbocycles. The Morgan fingerprint density at radius 1 is 1.35 bits per heavy atom. The summed E-state index contributed by atoms with van der Waals surface area (Å²) in [6.07, 6.45) is -4.20. The molecule has 2 N–H and O–H groups in total. The summed E-state index contributed by atoms with van der Waals surface area (Å²) in [4.78, 5) is 3.47. The Morgan fingerprint density at radius 3 is 2.35 bits per heavy atom. The molecule has 0 fully saturated rings. The van der Waals surface area contributed by atoms with Crippen molar-refractivity contribution < 1.29 is 35.5 Å². The smallest absolute Gasteiger partial charge is 0.428 e. The zero-order valence-corrected chi connectivity index (χ0v) is 12.7. The summed E-state index contributed by atoms with van der Waals surface area (Å²) in [7, 11) is 0.932. The predicted molar refractivity (Wildman–Crippen MR) is 69.1 cm³/mol. The maximum absolute atomic E-state index is 13.4. The number of rotatable bonds is 5. The maximum atomic E-state index is 13.4. The van der Waals surface area contributed by atoms with Crippen molar-refractivity contribution in [3.63, 3.8) is 0 Å². The van der Waals surface area contributed by atoms with Crippen molar-refractivity contribution in [3.05, 3.63) is 16.4 Å². The first-order valence-electron chi connectivity index (χ1n) is 5.50. The number of allylic oxidation sites excluding steroid dienone is 1. The van der Waals surface area contributed by atoms with Crippen molar-refractivity contribution in [3.8, 4) is 5.75 Å². The molecule has 1 heterocycles. The van der Waals surface area contributed by atoms with Crippen molar-refractivity contribution in [1.82, 2.24) is 9.78 Å². The first-order valence-corrected chi connectivity index (χ1v) is 6.29. The van der Waals surface area contributed by atoms with Gasteiger partial charge < -0.3 is 10.5 Å². The van der Waals surface area contributed by atoms with Gasteiger partial charge in [0, 0.05) is 19.5 Å². The summed E-state index contributed by atoms with van der Waals surface area (Å²) >= 11 is 2.85. The van der Waals surface area contributed by atoms with Gasteiger partial charge in [0.2, 0.25) is 0 Å². The van der Waals surface area contributed by atoms with Gasteiger partial charge in [0.05, 0.1) is 4.48 Å². The van der Waals surface area contributed by atoms with E-state index in [4.69, 9.17) is 5.73 Å². The molecule has 13 heteroatoms. The lowest BCUT2D eigenvalue weighted by atomic mass is 10.2. The molecule has 0 amide bonds. The molecule has 1 aromatic rings. The van der Waals surface area contributed by atoms with E-state index in [9.17, 15) is 30.7 Å². The molecule has 0 saturated heterocycles. The summed E-state index contributed by atoms with van der Waals surface area (Å²) in [6.45, 7) is -3.66. The molecule has 23 heavy (non-hydrogen) atoms. The van der Waals surface area contributed by atoms with E-state index in [0.29, 0.717) is 4.68 Å². The largest absolute Gasteiger partial charge is 0.459 e. The number of halogens is 8. The van der Waals surface area contributed by atoms with Gasteiger partial charge in [0.25, 0.3) is 0 Å². The minimum atomic E-state index is -6.06. The second-order valence-electron chi connectivity index (χ2n) is 3.89. The second-order valence-corrected chi connectivity index (χ2v) is 4.80. The lowest BCUT2D eigenvalue weighted by Crippen LogP contribution is -2.34. The molecule has 130 valence electrons. The van der Waals surface area contributed by atoms with Gasteiger partial charge in [0.1, 0.15) is 0 Å². The van der Waals surface area contributed by atoms with Crippen molar-refractivity contribution in [2.45, 2.75) is 18.7 Å². The standard InChI is InChI=1S/C10H8BrF7N4O/c1-22-7(20-3-4(11)2-19)5(23-8(12)13)6(21-22)9(14,15)10(16,17)18/h2-3,8H,19H2,1H3. The summed E-state index contributed by atoms with van der Waals surface area (Å²) in [5.41, 5.74) is 3.06. The maximum Gasteiger partial charge on any atom is 0.459 e. The quantitative estimate of drug-likeness (QED) is 0.593. The molecule has 0 atom stereocenters. The van der Waals surface area contributed by atoms with Crippen LogP contribution in [0.3, 0.4) is 0 Å². The molecule has 1 aromatic heterocycles. The lowest BCUT2D eigenvalue weighted by Gasteiger charge is -2.18. The Morgan fingerprint density at radius 2 is 1.91 bits per heavy atom. The van der Waals surface area contributed by atoms with E-state index in [2.05, 4.69) is 30.8 Å². The number of aliphatic imine (C=N–C) groups is 1. The molecule has 5 nitrogen and oxygen atoms in total. The molecule has 0 aromatic carbocycles. The first-order chi connectivity index (χ1) is 10.4. The Hall–Kier alpha value is -1.79. The topological polar surface area (TPSA) is 65.4 Å². The molecule has 1 rings (SSSR count). The highest BCUT2D eigenvalue weighted by molar-refractivity contribution is 9.12. The van der Waals surface area contributed by atoms with E-state index >= 15 is 0 Å². The Bertz CT molecular complexity index is 623. The number of alkyl halides is 7. The molecular weight excluding hydrogens is 405 g/mol. The fraction of sp³-hybridized carbons (Fsp3) is 0.400. The van der Waals surface area contributed by atoms with Crippen LogP contribution in [-0.2, 0) is 13.0 Å². The summed E-state index contributed by atoms with van der Waals surface area (Å²) in [6, 6.07) is 0. The Labute approximate surface area is 132 Å². The fourth-order valence-corrected chi connectivity index (χ4v) is 1.44. The van der Waals surface area contributed by atoms with E-state index in [1.807, 2.05) is 0 Å². The van der Waals surface area contributed by atoms with Crippen LogP contribution in [0.15, 0.2) is 15.7 Å². The van der Waals surface area contributed by atoms with Gasteiger partial charge >= 0.3 is 18.7 Å². The van der Waals surface area contributed by atoms with Gasteiger partial charge in [-0.25, -0.2) is 9.67 Å². The van der Waals surface area contributed by atoms with Gasteiger partial charge in [-0.2, -0.15) is 35.8 Å². The van der Waals surface area contributed by atoms with E-state index in [0.717, 1.165) is 19.5 Å². The third kappa shape index (κ3) is 4.14. The van der Waals surface area contributed by atoms with Gasteiger partial charge in [-0.15, -0.1) is 0 Å². The lowest BCUT2D eigenvalue weighted by molar-refractivity contribution is -0.291. The Kier molecular flexibility index (Phi) is 5.66. The third-order valence-electron chi connectivity index (χ3n) is 2.30. The van der Waals surface area contributed by atoms with Crippen LogP contribution in [0.1, 0.15) is 5.69 Å². The molecule has 0 radical (unpaired) electrons. The SMILES string of the molecule is Cn1nc(C(F)(F)C(F)(F)F)c(OC(F)F)c1N=CC(Br)=CN. The van der Waals surface area contributed by atoms with Crippen LogP contribution >= 0.6 is 15.9 Å². The number of hydrogen-bond donors (Lipinski definition) is 1. The average molecular weight is 413 g/mol. The van der Waals surface area contributed by atoms with Crippen LogP contribution in [0.4, 0.5) is 36.6 Å². The second kappa shape index (κ2) is 6.76. The van der Waals surface area contributed by atoms with Gasteiger partial charge in [-0.1, -0.05) is 0 Å². The third-order valence-corrected chi connectivity index (χ3v) is 2.77. The molecule has 0 aliphatic rings. The molecule has 0 unspecified atom stereocenters. The number of aromatic nitrogens is 2. The predicted octanol–water partition coefficient (Wildman–Crippen LogP) is 3.57. The van der Waals surface area contributed by atoms with Crippen molar-refractivity contribution >= 4 is 28.0 Å². The number of nitrogens with two attached hydrogens (primary N) is 1. The van der Waals surface area contributed by atoms with Crippen LogP contribution < -0.4 is 10.5 Å². The van der Waals surface area contributed by atoms with Crippen LogP contribution in [0, 0.1) is 0 Å². The minimum Gasteiger partial charge on any atom is -0.428 e. The van der Waals surface area contributed by atoms with Crippen LogP contribution in [0.2, 0.25) is 0 Å². The average Bonchev–Trinajstić information content (AvgIpc) is 2.71. The Balaban J connectivity index is 3.52. The fourth-order valence-electron chi connectivity index (χ4n) is 1.34. The van der Waals surface area contributed by atoms with Gasteiger partial charge in [-0.05, 0) is 15.9 Å². The van der Waals surface area contributed by atoms with Gasteiger partial charge in [0.15, 0.2) is 17.3 Å². The molecule has 0 aliphatic heterocycles. The van der Waals surface area contributed by atoms with E-state index in [-0.39, 0.29) is 4.48 Å². The normalized spacial score (nSPS) is 14.1. The highest BCUT2D eigenvalue weighted by atomic mass is 79.9. The van der Waals surface area contributed by atoms with Crippen LogP contribution in [-0.4, -0.2) is 28.8 Å². The zero-order chi connectivity index (χ0) is 18.0. The van der Waals surface area contributed by atoms with Gasteiger partial charge in [-0.3, -0.25) is 0 Å². The molecular formula is C10H8BrF7N4O. The molecule has 0 spiro atoms. The summed E-state index contributed by atoms with van der Waals surface area (Å²) in [5.74, 6) is -7.77. The zero-order valence-electron chi connectivity index (χ0n) is 11.1. The van der Waals surface area contributed by atoms with E-state index in [1.54, 1.807) is 0 Å². The van der Waals surface area contributed by atoms with E-state index < -0.39 is 36.0 Å². The van der Waals surface area contributed by atoms with Crippen molar-refractivity contribution in [2.24, 2.45) is 17.8 Å². The van der Waals surface area contributed by atoms with Crippen LogP contribution in [0.25, 0.3) is 0 Å².